The second-order valence-corrected chi connectivity index (χ2v) is 4.15. The number of para-hydroxylation sites is 1. The highest BCUT2D eigenvalue weighted by Gasteiger charge is 2.16. The third-order valence-electron chi connectivity index (χ3n) is 2.67. The summed E-state index contributed by atoms with van der Waals surface area (Å²) in [6.07, 6.45) is 0. The van der Waals surface area contributed by atoms with E-state index >= 15 is 0 Å². The number of hydrogen-bond acceptors (Lipinski definition) is 3. The molecule has 5 nitrogen and oxygen atoms in total. The zero-order chi connectivity index (χ0) is 15.9. The molecule has 0 atom stereocenters. The van der Waals surface area contributed by atoms with Gasteiger partial charge in [-0.25, -0.2) is 0 Å². The number of hydrazine groups is 1. The molecule has 2 aromatic carbocycles. The summed E-state index contributed by atoms with van der Waals surface area (Å²) in [4.78, 5) is 23.7. The normalized spacial score (nSPS) is 10.1. The van der Waals surface area contributed by atoms with Crippen molar-refractivity contribution in [3.8, 4) is 5.75 Å². The minimum atomic E-state index is -3.05. The number of halogens is 2. The number of carbonyl (C=O) groups excluding carboxylic acids is 2. The van der Waals surface area contributed by atoms with Crippen LogP contribution in [0.15, 0.2) is 54.6 Å². The van der Waals surface area contributed by atoms with Crippen LogP contribution in [0.2, 0.25) is 0 Å². The van der Waals surface area contributed by atoms with Crippen molar-refractivity contribution in [1.82, 2.24) is 10.9 Å². The molecule has 22 heavy (non-hydrogen) atoms. The quantitative estimate of drug-likeness (QED) is 0.852. The first kappa shape index (κ1) is 15.4. The van der Waals surface area contributed by atoms with E-state index in [1.54, 1.807) is 30.3 Å². The Morgan fingerprint density at radius 2 is 1.45 bits per heavy atom. The summed E-state index contributed by atoms with van der Waals surface area (Å²) < 4.78 is 28.8. The first-order valence-corrected chi connectivity index (χ1v) is 6.27. The van der Waals surface area contributed by atoms with Crippen LogP contribution in [-0.4, -0.2) is 18.4 Å². The Morgan fingerprint density at radius 1 is 0.864 bits per heavy atom. The predicted octanol–water partition coefficient (Wildman–Crippen LogP) is 2.36. The van der Waals surface area contributed by atoms with Crippen molar-refractivity contribution in [3.05, 3.63) is 65.7 Å². The highest BCUT2D eigenvalue weighted by atomic mass is 19.3. The Balaban J connectivity index is 2.02. The molecule has 0 saturated carbocycles. The highest BCUT2D eigenvalue weighted by Crippen LogP contribution is 2.19. The van der Waals surface area contributed by atoms with E-state index in [9.17, 15) is 18.4 Å². The lowest BCUT2D eigenvalue weighted by Crippen LogP contribution is -2.41. The van der Waals surface area contributed by atoms with Crippen LogP contribution >= 0.6 is 0 Å². The van der Waals surface area contributed by atoms with Crippen LogP contribution < -0.4 is 15.6 Å². The van der Waals surface area contributed by atoms with E-state index in [1.807, 2.05) is 0 Å². The lowest BCUT2D eigenvalue weighted by Gasteiger charge is -2.11. The first-order chi connectivity index (χ1) is 10.6. The van der Waals surface area contributed by atoms with Gasteiger partial charge >= 0.3 is 6.61 Å². The molecule has 0 aliphatic heterocycles. The van der Waals surface area contributed by atoms with Crippen LogP contribution in [0.5, 0.6) is 5.75 Å². The highest BCUT2D eigenvalue weighted by molar-refractivity contribution is 6.00. The van der Waals surface area contributed by atoms with Gasteiger partial charge in [-0.15, -0.1) is 0 Å². The van der Waals surface area contributed by atoms with E-state index in [2.05, 4.69) is 15.6 Å². The van der Waals surface area contributed by atoms with Crippen molar-refractivity contribution in [3.63, 3.8) is 0 Å². The Kier molecular flexibility index (Phi) is 5.02. The zero-order valence-corrected chi connectivity index (χ0v) is 11.3. The summed E-state index contributed by atoms with van der Waals surface area (Å²) in [6.45, 7) is -3.05. The lowest BCUT2D eigenvalue weighted by atomic mass is 10.2. The van der Waals surface area contributed by atoms with Crippen LogP contribution in [0.4, 0.5) is 8.78 Å². The van der Waals surface area contributed by atoms with E-state index < -0.39 is 18.4 Å². The van der Waals surface area contributed by atoms with Crippen molar-refractivity contribution >= 4 is 11.8 Å². The average molecular weight is 306 g/mol. The number of nitrogens with one attached hydrogen (secondary N) is 2. The standard InChI is InChI=1S/C15H12F2N2O3/c16-15(17)22-12-9-5-4-8-11(12)14(21)19-18-13(20)10-6-2-1-3-7-10/h1-9,15H,(H,18,20)(H,19,21). The van der Waals surface area contributed by atoms with Gasteiger partial charge in [0.15, 0.2) is 0 Å². The second kappa shape index (κ2) is 7.16. The van der Waals surface area contributed by atoms with Gasteiger partial charge in [0.05, 0.1) is 5.56 Å². The van der Waals surface area contributed by atoms with Gasteiger partial charge in [-0.05, 0) is 24.3 Å². The Hall–Kier alpha value is -2.96. The number of amides is 2. The van der Waals surface area contributed by atoms with Crippen LogP contribution in [0, 0.1) is 0 Å². The molecule has 0 heterocycles. The van der Waals surface area contributed by atoms with Crippen molar-refractivity contribution in [2.75, 3.05) is 0 Å². The van der Waals surface area contributed by atoms with Crippen LogP contribution in [-0.2, 0) is 0 Å². The number of carbonyl (C=O) groups is 2. The fourth-order valence-electron chi connectivity index (χ4n) is 1.70. The van der Waals surface area contributed by atoms with E-state index in [4.69, 9.17) is 0 Å². The number of ether oxygens (including phenoxy) is 1. The molecule has 0 spiro atoms. The second-order valence-electron chi connectivity index (χ2n) is 4.15. The Morgan fingerprint density at radius 3 is 2.14 bits per heavy atom. The van der Waals surface area contributed by atoms with Gasteiger partial charge in [-0.2, -0.15) is 8.78 Å². The molecule has 0 fully saturated rings. The summed E-state index contributed by atoms with van der Waals surface area (Å²) >= 11 is 0. The number of alkyl halides is 2. The summed E-state index contributed by atoms with van der Waals surface area (Å²) in [5.74, 6) is -1.56. The van der Waals surface area contributed by atoms with E-state index in [0.717, 1.165) is 0 Å². The predicted molar refractivity (Wildman–Crippen MR) is 74.4 cm³/mol. The van der Waals surface area contributed by atoms with E-state index in [-0.39, 0.29) is 11.3 Å². The van der Waals surface area contributed by atoms with Crippen molar-refractivity contribution in [2.45, 2.75) is 6.61 Å². The summed E-state index contributed by atoms with van der Waals surface area (Å²) in [7, 11) is 0. The lowest BCUT2D eigenvalue weighted by molar-refractivity contribution is -0.0501. The SMILES string of the molecule is O=C(NNC(=O)c1ccccc1OC(F)F)c1ccccc1. The molecule has 0 radical (unpaired) electrons. The van der Waals surface area contributed by atoms with Crippen LogP contribution in [0.1, 0.15) is 20.7 Å². The van der Waals surface area contributed by atoms with Gasteiger partial charge in [0.1, 0.15) is 5.75 Å². The maximum absolute atomic E-state index is 12.3. The molecule has 7 heteroatoms. The summed E-state index contributed by atoms with van der Waals surface area (Å²) in [6, 6.07) is 13.7. The average Bonchev–Trinajstić information content (AvgIpc) is 2.53. The Bertz CT molecular complexity index is 663. The fourth-order valence-corrected chi connectivity index (χ4v) is 1.70. The molecular formula is C15H12F2N2O3. The van der Waals surface area contributed by atoms with Crippen molar-refractivity contribution in [1.29, 1.82) is 0 Å². The molecule has 2 N–H and O–H groups in total. The van der Waals surface area contributed by atoms with Gasteiger partial charge in [0.2, 0.25) is 0 Å². The largest absolute Gasteiger partial charge is 0.434 e. The minimum absolute atomic E-state index is 0.115. The third-order valence-corrected chi connectivity index (χ3v) is 2.67. The fraction of sp³-hybridized carbons (Fsp3) is 0.0667. The summed E-state index contributed by atoms with van der Waals surface area (Å²) in [5.41, 5.74) is 4.58. The molecule has 2 rings (SSSR count). The van der Waals surface area contributed by atoms with Gasteiger partial charge in [0, 0.05) is 5.56 Å². The minimum Gasteiger partial charge on any atom is -0.434 e. The van der Waals surface area contributed by atoms with Crippen LogP contribution in [0.25, 0.3) is 0 Å². The monoisotopic (exact) mass is 306 g/mol. The molecule has 0 bridgehead atoms. The molecule has 2 amide bonds. The van der Waals surface area contributed by atoms with Gasteiger partial charge in [-0.3, -0.25) is 20.4 Å². The smallest absolute Gasteiger partial charge is 0.387 e. The molecule has 114 valence electrons. The molecule has 2 aromatic rings. The Labute approximate surface area is 124 Å². The molecule has 0 unspecified atom stereocenters. The summed E-state index contributed by atoms with van der Waals surface area (Å²) in [5, 5.41) is 0. The van der Waals surface area contributed by atoms with Crippen molar-refractivity contribution in [2.24, 2.45) is 0 Å². The maximum Gasteiger partial charge on any atom is 0.387 e. The van der Waals surface area contributed by atoms with Crippen molar-refractivity contribution < 1.29 is 23.1 Å². The number of rotatable bonds is 4. The van der Waals surface area contributed by atoms with Gasteiger partial charge in [0.25, 0.3) is 11.8 Å². The third kappa shape index (κ3) is 4.02. The van der Waals surface area contributed by atoms with Crippen LogP contribution in [0.3, 0.4) is 0 Å². The number of benzene rings is 2. The van der Waals surface area contributed by atoms with Gasteiger partial charge < -0.3 is 4.74 Å². The molecule has 0 aliphatic carbocycles. The molecule has 0 saturated heterocycles. The van der Waals surface area contributed by atoms with Gasteiger partial charge in [-0.1, -0.05) is 30.3 Å². The molecule has 0 aromatic heterocycles. The topological polar surface area (TPSA) is 67.4 Å². The molecular weight excluding hydrogens is 294 g/mol. The molecule has 0 aliphatic rings. The zero-order valence-electron chi connectivity index (χ0n) is 11.3. The maximum atomic E-state index is 12.3. The first-order valence-electron chi connectivity index (χ1n) is 6.27. The number of hydrogen-bond donors (Lipinski definition) is 2. The van der Waals surface area contributed by atoms with E-state index in [1.165, 1.54) is 24.3 Å². The van der Waals surface area contributed by atoms with E-state index in [0.29, 0.717) is 5.56 Å².